The summed E-state index contributed by atoms with van der Waals surface area (Å²) < 4.78 is 0. The topological polar surface area (TPSA) is 90.5 Å². The number of aryl methyl sites for hydroxylation is 1. The molecular formula is C36H24N6O2S. The molecular weight excluding hydrogens is 581 g/mol. The highest BCUT2D eigenvalue weighted by Gasteiger charge is 2.38. The molecule has 0 saturated carbocycles. The third-order valence-corrected chi connectivity index (χ3v) is 8.23. The summed E-state index contributed by atoms with van der Waals surface area (Å²) in [5, 5.41) is 9.16. The van der Waals surface area contributed by atoms with Crippen LogP contribution in [-0.4, -0.2) is 26.9 Å². The molecule has 1 saturated heterocycles. The van der Waals surface area contributed by atoms with Gasteiger partial charge in [-0.25, -0.2) is 9.97 Å². The number of fused-ring (bicyclic) bond motifs is 4. The summed E-state index contributed by atoms with van der Waals surface area (Å²) in [6.07, 6.45) is 3.29. The number of thiocarbonyl (C=S) groups is 1. The predicted octanol–water partition coefficient (Wildman–Crippen LogP) is 6.83. The van der Waals surface area contributed by atoms with E-state index in [9.17, 15) is 9.59 Å². The zero-order valence-corrected chi connectivity index (χ0v) is 24.8. The zero-order chi connectivity index (χ0) is 30.7. The number of carbonyl (C=O) groups excluding carboxylic acids is 2. The second kappa shape index (κ2) is 10.4. The van der Waals surface area contributed by atoms with Gasteiger partial charge in [0.1, 0.15) is 11.4 Å². The van der Waals surface area contributed by atoms with E-state index in [1.807, 2.05) is 78.6 Å². The summed E-state index contributed by atoms with van der Waals surface area (Å²) in [5.74, 6) is 0.759. The Morgan fingerprint density at radius 3 is 1.78 bits per heavy atom. The van der Waals surface area contributed by atoms with Gasteiger partial charge in [-0.2, -0.15) is 0 Å². The first-order valence-corrected chi connectivity index (χ1v) is 14.8. The summed E-state index contributed by atoms with van der Waals surface area (Å²) in [4.78, 5) is 40.2. The average molecular weight is 605 g/mol. The van der Waals surface area contributed by atoms with Gasteiger partial charge in [0.05, 0.1) is 22.4 Å². The number of amides is 2. The summed E-state index contributed by atoms with van der Waals surface area (Å²) in [5.41, 5.74) is 4.27. The standard InChI is InChI=1S/C36H24N6O2S/c1-21-16-18-27-28(20-21)38-33-32(37-27)41(29-14-6-10-22-8-2-4-12-24(22)29)31(19-17-26-34(43)39-36(45)40-35(26)44)42(33)30-15-7-11-23-9-3-5-13-25(23)30/h2-20H,1H3,(H2,39,40,43,44,45)/b31-19-. The van der Waals surface area contributed by atoms with E-state index in [1.54, 1.807) is 6.08 Å². The lowest BCUT2D eigenvalue weighted by Gasteiger charge is -2.26. The number of aromatic nitrogens is 2. The van der Waals surface area contributed by atoms with E-state index in [2.05, 4.69) is 51.9 Å². The molecule has 6 aromatic rings. The summed E-state index contributed by atoms with van der Waals surface area (Å²) in [7, 11) is 0. The molecule has 45 heavy (non-hydrogen) atoms. The van der Waals surface area contributed by atoms with Crippen LogP contribution in [0.3, 0.4) is 0 Å². The second-order valence-electron chi connectivity index (χ2n) is 10.9. The van der Waals surface area contributed by atoms with Gasteiger partial charge in [-0.05, 0) is 71.9 Å². The van der Waals surface area contributed by atoms with Gasteiger partial charge in [0.25, 0.3) is 11.8 Å². The van der Waals surface area contributed by atoms with Crippen LogP contribution in [0.25, 0.3) is 32.6 Å². The molecule has 0 bridgehead atoms. The summed E-state index contributed by atoms with van der Waals surface area (Å²) >= 11 is 5.02. The van der Waals surface area contributed by atoms with Gasteiger partial charge < -0.3 is 0 Å². The maximum Gasteiger partial charge on any atom is 0.263 e. The Morgan fingerprint density at radius 1 is 0.644 bits per heavy atom. The molecule has 3 heterocycles. The van der Waals surface area contributed by atoms with Crippen molar-refractivity contribution in [1.82, 2.24) is 20.6 Å². The molecule has 0 radical (unpaired) electrons. The SMILES string of the molecule is Cc1ccc2nc3c(nc2c1)N(c1cccc2ccccc12)/C(=C\C=C1C(=O)NC(=S)NC1=O)N3c1cccc2ccccc12. The second-order valence-corrected chi connectivity index (χ2v) is 11.3. The Labute approximate surface area is 263 Å². The normalized spacial score (nSPS) is 15.6. The molecule has 2 amide bonds. The number of anilines is 4. The van der Waals surface area contributed by atoms with Crippen molar-refractivity contribution >= 4 is 84.7 Å². The number of hydrogen-bond donors (Lipinski definition) is 2. The van der Waals surface area contributed by atoms with Crippen LogP contribution in [0.5, 0.6) is 0 Å². The summed E-state index contributed by atoms with van der Waals surface area (Å²) in [6.45, 7) is 2.03. The highest BCUT2D eigenvalue weighted by atomic mass is 32.1. The fourth-order valence-corrected chi connectivity index (χ4v) is 6.16. The van der Waals surface area contributed by atoms with Crippen molar-refractivity contribution < 1.29 is 9.59 Å². The maximum absolute atomic E-state index is 12.9. The van der Waals surface area contributed by atoms with Crippen molar-refractivity contribution in [2.75, 3.05) is 9.80 Å². The number of hydrogen-bond acceptors (Lipinski definition) is 7. The van der Waals surface area contributed by atoms with Crippen molar-refractivity contribution in [2.45, 2.75) is 6.92 Å². The molecule has 0 aliphatic carbocycles. The van der Waals surface area contributed by atoms with Gasteiger partial charge in [0.15, 0.2) is 16.7 Å². The Balaban J connectivity index is 1.47. The van der Waals surface area contributed by atoms with Crippen LogP contribution in [-0.2, 0) is 9.59 Å². The molecule has 0 spiro atoms. The lowest BCUT2D eigenvalue weighted by molar-refractivity contribution is -0.123. The van der Waals surface area contributed by atoms with Crippen LogP contribution in [0, 0.1) is 6.92 Å². The molecule has 0 atom stereocenters. The van der Waals surface area contributed by atoms with E-state index in [4.69, 9.17) is 22.2 Å². The first-order valence-electron chi connectivity index (χ1n) is 14.4. The van der Waals surface area contributed by atoms with Crippen LogP contribution >= 0.6 is 12.2 Å². The summed E-state index contributed by atoms with van der Waals surface area (Å²) in [6, 6.07) is 34.6. The van der Waals surface area contributed by atoms with Crippen LogP contribution in [0.15, 0.2) is 127 Å². The molecule has 0 unspecified atom stereocenters. The molecule has 1 fully saturated rings. The smallest absolute Gasteiger partial charge is 0.263 e. The molecule has 1 aromatic heterocycles. The maximum atomic E-state index is 12.9. The van der Waals surface area contributed by atoms with Gasteiger partial charge in [-0.15, -0.1) is 0 Å². The third-order valence-electron chi connectivity index (χ3n) is 8.02. The first-order chi connectivity index (χ1) is 22.0. The van der Waals surface area contributed by atoms with Crippen LogP contribution in [0.4, 0.5) is 23.0 Å². The van der Waals surface area contributed by atoms with E-state index in [-0.39, 0.29) is 10.7 Å². The van der Waals surface area contributed by atoms with E-state index < -0.39 is 11.8 Å². The average Bonchev–Trinajstić information content (AvgIpc) is 3.34. The van der Waals surface area contributed by atoms with Gasteiger partial charge in [0.2, 0.25) is 0 Å². The number of benzene rings is 5. The quantitative estimate of drug-likeness (QED) is 0.130. The molecule has 2 aliphatic heterocycles. The fourth-order valence-electron chi connectivity index (χ4n) is 5.98. The monoisotopic (exact) mass is 604 g/mol. The van der Waals surface area contributed by atoms with Crippen molar-refractivity contribution in [1.29, 1.82) is 0 Å². The minimum atomic E-state index is -0.568. The Morgan fingerprint density at radius 2 is 1.18 bits per heavy atom. The number of nitrogens with zero attached hydrogens (tertiary/aromatic N) is 4. The molecule has 9 heteroatoms. The van der Waals surface area contributed by atoms with Crippen molar-refractivity contribution in [2.24, 2.45) is 0 Å². The van der Waals surface area contributed by atoms with Crippen molar-refractivity contribution in [3.05, 3.63) is 132 Å². The molecule has 216 valence electrons. The van der Waals surface area contributed by atoms with E-state index in [0.29, 0.717) is 17.5 Å². The lowest BCUT2D eigenvalue weighted by atomic mass is 10.1. The molecule has 8 nitrogen and oxygen atoms in total. The predicted molar refractivity (Wildman–Crippen MR) is 181 cm³/mol. The highest BCUT2D eigenvalue weighted by Crippen LogP contribution is 2.51. The zero-order valence-electron chi connectivity index (χ0n) is 24.0. The van der Waals surface area contributed by atoms with Gasteiger partial charge in [0, 0.05) is 10.8 Å². The van der Waals surface area contributed by atoms with Crippen molar-refractivity contribution in [3.8, 4) is 0 Å². The van der Waals surface area contributed by atoms with Gasteiger partial charge >= 0.3 is 0 Å². The van der Waals surface area contributed by atoms with Crippen LogP contribution in [0.2, 0.25) is 0 Å². The highest BCUT2D eigenvalue weighted by molar-refractivity contribution is 7.80. The van der Waals surface area contributed by atoms with Crippen LogP contribution < -0.4 is 20.4 Å². The molecule has 5 aromatic carbocycles. The van der Waals surface area contributed by atoms with Gasteiger partial charge in [-0.1, -0.05) is 78.9 Å². The number of rotatable bonds is 3. The van der Waals surface area contributed by atoms with Crippen molar-refractivity contribution in [3.63, 3.8) is 0 Å². The van der Waals surface area contributed by atoms with E-state index >= 15 is 0 Å². The Hall–Kier alpha value is -5.93. The third kappa shape index (κ3) is 4.40. The Bertz CT molecular complexity index is 2300. The number of allylic oxidation sites excluding steroid dienone is 2. The molecule has 2 N–H and O–H groups in total. The fraction of sp³-hybridized carbons (Fsp3) is 0.0278. The lowest BCUT2D eigenvalue weighted by Crippen LogP contribution is -2.51. The Kier molecular flexibility index (Phi) is 6.14. The minimum Gasteiger partial charge on any atom is -0.299 e. The molecule has 2 aliphatic rings. The van der Waals surface area contributed by atoms with Gasteiger partial charge in [-0.3, -0.25) is 30.0 Å². The minimum absolute atomic E-state index is 0.0202. The van der Waals surface area contributed by atoms with E-state index in [1.165, 1.54) is 6.08 Å². The first kappa shape index (κ1) is 26.7. The number of nitrogens with one attached hydrogen (secondary N) is 2. The largest absolute Gasteiger partial charge is 0.299 e. The van der Waals surface area contributed by atoms with Crippen LogP contribution in [0.1, 0.15) is 5.56 Å². The molecule has 8 rings (SSSR count). The number of carbonyl (C=O) groups is 2. The van der Waals surface area contributed by atoms with E-state index in [0.717, 1.165) is 49.5 Å².